The van der Waals surface area contributed by atoms with Gasteiger partial charge in [0, 0.05) is 52.1 Å². The van der Waals surface area contributed by atoms with Crippen molar-refractivity contribution >= 4 is 5.69 Å². The highest BCUT2D eigenvalue weighted by Crippen LogP contribution is 2.15. The van der Waals surface area contributed by atoms with Gasteiger partial charge in [-0.3, -0.25) is 4.90 Å². The van der Waals surface area contributed by atoms with Gasteiger partial charge >= 0.3 is 0 Å². The molecule has 0 aromatic heterocycles. The number of anilines is 1. The SMILES string of the molecule is COC(CN)CCN1CCN(c2ccccc2)CC1. The molecule has 1 atom stereocenters. The molecule has 2 rings (SSSR count). The van der Waals surface area contributed by atoms with Crippen molar-refractivity contribution in [2.24, 2.45) is 5.73 Å². The number of methoxy groups -OCH3 is 1. The number of benzene rings is 1. The van der Waals surface area contributed by atoms with Crippen molar-refractivity contribution in [2.45, 2.75) is 12.5 Å². The number of ether oxygens (including phenoxy) is 1. The molecule has 0 radical (unpaired) electrons. The molecule has 0 spiro atoms. The average Bonchev–Trinajstić information content (AvgIpc) is 2.50. The third kappa shape index (κ3) is 4.20. The van der Waals surface area contributed by atoms with Gasteiger partial charge in [-0.05, 0) is 18.6 Å². The Balaban J connectivity index is 1.74. The van der Waals surface area contributed by atoms with Crippen LogP contribution in [0.5, 0.6) is 0 Å². The highest BCUT2D eigenvalue weighted by molar-refractivity contribution is 5.46. The molecule has 1 aliphatic rings. The summed E-state index contributed by atoms with van der Waals surface area (Å²) in [4.78, 5) is 4.95. The molecule has 106 valence electrons. The minimum atomic E-state index is 0.201. The van der Waals surface area contributed by atoms with Gasteiger partial charge in [0.25, 0.3) is 0 Å². The smallest absolute Gasteiger partial charge is 0.0705 e. The largest absolute Gasteiger partial charge is 0.380 e. The molecule has 1 saturated heterocycles. The molecule has 1 fully saturated rings. The predicted molar refractivity (Wildman–Crippen MR) is 79.6 cm³/mol. The van der Waals surface area contributed by atoms with Crippen LogP contribution < -0.4 is 10.6 Å². The van der Waals surface area contributed by atoms with Crippen molar-refractivity contribution in [1.29, 1.82) is 0 Å². The summed E-state index contributed by atoms with van der Waals surface area (Å²) in [5.74, 6) is 0. The van der Waals surface area contributed by atoms with Crippen LogP contribution in [0.4, 0.5) is 5.69 Å². The zero-order valence-corrected chi connectivity index (χ0v) is 11.8. The lowest BCUT2D eigenvalue weighted by atomic mass is 10.2. The van der Waals surface area contributed by atoms with Crippen LogP contribution in [-0.4, -0.2) is 57.4 Å². The van der Waals surface area contributed by atoms with E-state index in [9.17, 15) is 0 Å². The van der Waals surface area contributed by atoms with E-state index in [0.717, 1.165) is 39.1 Å². The molecule has 1 aromatic carbocycles. The maximum atomic E-state index is 5.65. The summed E-state index contributed by atoms with van der Waals surface area (Å²) in [5, 5.41) is 0. The Kier molecular flexibility index (Phi) is 5.63. The summed E-state index contributed by atoms with van der Waals surface area (Å²) in [7, 11) is 1.74. The molecular weight excluding hydrogens is 238 g/mol. The van der Waals surface area contributed by atoms with Crippen LogP contribution in [0.1, 0.15) is 6.42 Å². The molecule has 4 heteroatoms. The summed E-state index contributed by atoms with van der Waals surface area (Å²) >= 11 is 0. The van der Waals surface area contributed by atoms with E-state index in [2.05, 4.69) is 40.1 Å². The van der Waals surface area contributed by atoms with Crippen molar-refractivity contribution in [1.82, 2.24) is 4.90 Å². The van der Waals surface area contributed by atoms with Gasteiger partial charge in [-0.25, -0.2) is 0 Å². The third-order valence-electron chi connectivity index (χ3n) is 3.86. The monoisotopic (exact) mass is 263 g/mol. The maximum Gasteiger partial charge on any atom is 0.0705 e. The Morgan fingerprint density at radius 1 is 1.16 bits per heavy atom. The van der Waals surface area contributed by atoms with E-state index < -0.39 is 0 Å². The lowest BCUT2D eigenvalue weighted by Gasteiger charge is -2.36. The third-order valence-corrected chi connectivity index (χ3v) is 3.86. The van der Waals surface area contributed by atoms with Crippen LogP contribution in [0.2, 0.25) is 0 Å². The Hall–Kier alpha value is -1.10. The molecule has 1 aromatic rings. The number of hydrogen-bond acceptors (Lipinski definition) is 4. The van der Waals surface area contributed by atoms with Crippen molar-refractivity contribution < 1.29 is 4.74 Å². The first-order valence-electron chi connectivity index (χ1n) is 7.08. The summed E-state index contributed by atoms with van der Waals surface area (Å²) in [6, 6.07) is 10.6. The first-order chi connectivity index (χ1) is 9.33. The summed E-state index contributed by atoms with van der Waals surface area (Å²) in [6.45, 7) is 6.14. The van der Waals surface area contributed by atoms with Gasteiger partial charge in [0.15, 0.2) is 0 Å². The van der Waals surface area contributed by atoms with Crippen LogP contribution in [-0.2, 0) is 4.74 Å². The highest BCUT2D eigenvalue weighted by Gasteiger charge is 2.17. The van der Waals surface area contributed by atoms with Crippen LogP contribution in [0.3, 0.4) is 0 Å². The van der Waals surface area contributed by atoms with Crippen molar-refractivity contribution in [3.63, 3.8) is 0 Å². The molecular formula is C15H25N3O. The summed E-state index contributed by atoms with van der Waals surface area (Å²) < 4.78 is 5.32. The number of hydrogen-bond donors (Lipinski definition) is 1. The van der Waals surface area contributed by atoms with E-state index in [1.54, 1.807) is 7.11 Å². The second-order valence-corrected chi connectivity index (χ2v) is 5.05. The standard InChI is InChI=1S/C15H25N3O/c1-19-15(13-16)7-8-17-9-11-18(12-10-17)14-5-3-2-4-6-14/h2-6,15H,7-13,16H2,1H3. The number of rotatable bonds is 6. The average molecular weight is 263 g/mol. The number of piperazine rings is 1. The van der Waals surface area contributed by atoms with Crippen molar-refractivity contribution in [3.05, 3.63) is 30.3 Å². The fourth-order valence-electron chi connectivity index (χ4n) is 2.53. The fraction of sp³-hybridized carbons (Fsp3) is 0.600. The van der Waals surface area contributed by atoms with E-state index in [4.69, 9.17) is 10.5 Å². The molecule has 2 N–H and O–H groups in total. The number of nitrogens with zero attached hydrogens (tertiary/aromatic N) is 2. The summed E-state index contributed by atoms with van der Waals surface area (Å²) in [5.41, 5.74) is 6.98. The van der Waals surface area contributed by atoms with Crippen molar-refractivity contribution in [2.75, 3.05) is 51.3 Å². The van der Waals surface area contributed by atoms with E-state index in [1.165, 1.54) is 5.69 Å². The molecule has 4 nitrogen and oxygen atoms in total. The Bertz CT molecular complexity index is 346. The minimum Gasteiger partial charge on any atom is -0.380 e. The fourth-order valence-corrected chi connectivity index (χ4v) is 2.53. The summed E-state index contributed by atoms with van der Waals surface area (Å²) in [6.07, 6.45) is 1.23. The zero-order chi connectivity index (χ0) is 13.5. The lowest BCUT2D eigenvalue weighted by molar-refractivity contribution is 0.0885. The molecule has 1 unspecified atom stereocenters. The molecule has 0 saturated carbocycles. The van der Waals surface area contributed by atoms with E-state index in [-0.39, 0.29) is 6.10 Å². The number of nitrogens with two attached hydrogens (primary N) is 1. The zero-order valence-electron chi connectivity index (χ0n) is 11.8. The second-order valence-electron chi connectivity index (χ2n) is 5.05. The highest BCUT2D eigenvalue weighted by atomic mass is 16.5. The van der Waals surface area contributed by atoms with Gasteiger partial charge in [0.2, 0.25) is 0 Å². The van der Waals surface area contributed by atoms with Gasteiger partial charge in [-0.15, -0.1) is 0 Å². The Labute approximate surface area is 116 Å². The number of para-hydroxylation sites is 1. The maximum absolute atomic E-state index is 5.65. The van der Waals surface area contributed by atoms with Crippen LogP contribution in [0.15, 0.2) is 30.3 Å². The van der Waals surface area contributed by atoms with E-state index >= 15 is 0 Å². The Morgan fingerprint density at radius 3 is 2.42 bits per heavy atom. The van der Waals surface area contributed by atoms with Gasteiger partial charge in [0.05, 0.1) is 6.10 Å². The molecule has 1 aliphatic heterocycles. The van der Waals surface area contributed by atoms with Crippen LogP contribution in [0.25, 0.3) is 0 Å². The van der Waals surface area contributed by atoms with Gasteiger partial charge < -0.3 is 15.4 Å². The second kappa shape index (κ2) is 7.48. The van der Waals surface area contributed by atoms with E-state index in [0.29, 0.717) is 6.54 Å². The van der Waals surface area contributed by atoms with Gasteiger partial charge in [0.1, 0.15) is 0 Å². The van der Waals surface area contributed by atoms with Gasteiger partial charge in [-0.2, -0.15) is 0 Å². The minimum absolute atomic E-state index is 0.201. The quantitative estimate of drug-likeness (QED) is 0.836. The molecule has 19 heavy (non-hydrogen) atoms. The molecule has 0 bridgehead atoms. The molecule has 1 heterocycles. The van der Waals surface area contributed by atoms with Crippen molar-refractivity contribution in [3.8, 4) is 0 Å². The normalized spacial score (nSPS) is 18.5. The lowest BCUT2D eigenvalue weighted by Crippen LogP contribution is -2.47. The predicted octanol–water partition coefficient (Wildman–Crippen LogP) is 1.17. The topological polar surface area (TPSA) is 41.7 Å². The molecule has 0 aliphatic carbocycles. The van der Waals surface area contributed by atoms with E-state index in [1.807, 2.05) is 0 Å². The Morgan fingerprint density at radius 2 is 1.84 bits per heavy atom. The first kappa shape index (κ1) is 14.3. The van der Waals surface area contributed by atoms with Crippen LogP contribution >= 0.6 is 0 Å². The molecule has 0 amide bonds. The van der Waals surface area contributed by atoms with Gasteiger partial charge in [-0.1, -0.05) is 18.2 Å². The van der Waals surface area contributed by atoms with Crippen LogP contribution in [0, 0.1) is 0 Å². The first-order valence-corrected chi connectivity index (χ1v) is 7.08.